The van der Waals surface area contributed by atoms with E-state index in [0.717, 1.165) is 5.56 Å². The van der Waals surface area contributed by atoms with Crippen molar-refractivity contribution in [2.75, 3.05) is 19.5 Å². The summed E-state index contributed by atoms with van der Waals surface area (Å²) in [6, 6.07) is 14.4. The van der Waals surface area contributed by atoms with Crippen LogP contribution < -0.4 is 10.1 Å². The number of nitriles is 1. The number of allylic oxidation sites excluding steroid dienone is 1. The molecule has 0 saturated heterocycles. The van der Waals surface area contributed by atoms with Gasteiger partial charge in [-0.25, -0.2) is 4.79 Å². The normalized spacial score (nSPS) is 10.8. The van der Waals surface area contributed by atoms with E-state index in [-0.39, 0.29) is 11.4 Å². The van der Waals surface area contributed by atoms with E-state index >= 15 is 0 Å². The predicted molar refractivity (Wildman–Crippen MR) is 101 cm³/mol. The lowest BCUT2D eigenvalue weighted by Gasteiger charge is -2.14. The number of nitrogens with zero attached hydrogens (tertiary/aromatic N) is 4. The van der Waals surface area contributed by atoms with Gasteiger partial charge in [-0.05, 0) is 35.0 Å². The molecule has 0 aliphatic heterocycles. The Balaban J connectivity index is 2.07. The molecule has 0 aliphatic carbocycles. The lowest BCUT2D eigenvalue weighted by atomic mass is 9.97. The summed E-state index contributed by atoms with van der Waals surface area (Å²) in [7, 11) is 2.90. The Morgan fingerprint density at radius 3 is 2.61 bits per heavy atom. The number of aromatic nitrogens is 4. The van der Waals surface area contributed by atoms with Gasteiger partial charge >= 0.3 is 5.97 Å². The van der Waals surface area contributed by atoms with E-state index in [4.69, 9.17) is 9.47 Å². The van der Waals surface area contributed by atoms with Crippen LogP contribution in [0.15, 0.2) is 48.7 Å². The lowest BCUT2D eigenvalue weighted by Crippen LogP contribution is -2.06. The molecule has 0 atom stereocenters. The number of tetrazole rings is 1. The smallest absolute Gasteiger partial charge is 0.338 e. The minimum atomic E-state index is -0.475. The third-order valence-electron chi connectivity index (χ3n) is 3.93. The molecule has 0 aliphatic rings. The van der Waals surface area contributed by atoms with E-state index in [9.17, 15) is 10.1 Å². The van der Waals surface area contributed by atoms with Crippen molar-refractivity contribution < 1.29 is 14.3 Å². The summed E-state index contributed by atoms with van der Waals surface area (Å²) in [6.07, 6.45) is 1.45. The Labute approximate surface area is 160 Å². The molecule has 1 aromatic heterocycles. The van der Waals surface area contributed by atoms with E-state index in [1.165, 1.54) is 13.3 Å². The number of nitrogens with one attached hydrogen (secondary N) is 2. The van der Waals surface area contributed by atoms with Crippen molar-refractivity contribution >= 4 is 17.2 Å². The average molecular weight is 376 g/mol. The first-order chi connectivity index (χ1) is 13.7. The maximum Gasteiger partial charge on any atom is 0.338 e. The molecule has 2 aromatic carbocycles. The van der Waals surface area contributed by atoms with Crippen molar-refractivity contribution in [1.82, 2.24) is 20.6 Å². The van der Waals surface area contributed by atoms with E-state index in [2.05, 4.69) is 25.9 Å². The first-order valence-electron chi connectivity index (χ1n) is 8.14. The maximum absolute atomic E-state index is 12.3. The van der Waals surface area contributed by atoms with Crippen LogP contribution in [0.5, 0.6) is 5.75 Å². The van der Waals surface area contributed by atoms with E-state index in [0.29, 0.717) is 22.6 Å². The second-order valence-electron chi connectivity index (χ2n) is 5.50. The van der Waals surface area contributed by atoms with Gasteiger partial charge in [0.1, 0.15) is 17.4 Å². The molecule has 9 heteroatoms. The lowest BCUT2D eigenvalue weighted by molar-refractivity contribution is 0.0601. The molecule has 1 heterocycles. The van der Waals surface area contributed by atoms with E-state index < -0.39 is 5.97 Å². The highest BCUT2D eigenvalue weighted by Crippen LogP contribution is 2.33. The fraction of sp³-hybridized carbons (Fsp3) is 0.105. The van der Waals surface area contributed by atoms with Gasteiger partial charge in [-0.3, -0.25) is 0 Å². The predicted octanol–water partition coefficient (Wildman–Crippen LogP) is 2.64. The number of methoxy groups -OCH3 is 2. The van der Waals surface area contributed by atoms with Gasteiger partial charge in [0.2, 0.25) is 5.82 Å². The van der Waals surface area contributed by atoms with Gasteiger partial charge < -0.3 is 14.8 Å². The first-order valence-corrected chi connectivity index (χ1v) is 8.14. The van der Waals surface area contributed by atoms with Gasteiger partial charge in [-0.1, -0.05) is 18.2 Å². The molecule has 2 N–H and O–H groups in total. The summed E-state index contributed by atoms with van der Waals surface area (Å²) >= 11 is 0. The van der Waals surface area contributed by atoms with Crippen LogP contribution in [0, 0.1) is 11.3 Å². The zero-order valence-electron chi connectivity index (χ0n) is 15.1. The number of carbonyl (C=O) groups is 1. The highest BCUT2D eigenvalue weighted by atomic mass is 16.5. The van der Waals surface area contributed by atoms with Gasteiger partial charge in [0.05, 0.1) is 19.8 Å². The molecule has 3 rings (SSSR count). The minimum Gasteiger partial charge on any atom is -0.497 e. The number of hydrogen-bond acceptors (Lipinski definition) is 8. The van der Waals surface area contributed by atoms with Crippen LogP contribution in [-0.4, -0.2) is 40.8 Å². The molecular formula is C19H16N6O3. The Kier molecular flexibility index (Phi) is 5.62. The summed E-state index contributed by atoms with van der Waals surface area (Å²) in [4.78, 5) is 12.3. The van der Waals surface area contributed by atoms with Gasteiger partial charge in [-0.15, -0.1) is 10.2 Å². The van der Waals surface area contributed by atoms with Crippen molar-refractivity contribution in [3.05, 3.63) is 60.1 Å². The van der Waals surface area contributed by atoms with Crippen molar-refractivity contribution in [3.8, 4) is 22.9 Å². The van der Waals surface area contributed by atoms with Crippen molar-refractivity contribution in [1.29, 1.82) is 5.26 Å². The molecule has 0 saturated carbocycles. The molecule has 9 nitrogen and oxygen atoms in total. The molecule has 0 spiro atoms. The number of hydrogen-bond donors (Lipinski definition) is 2. The quantitative estimate of drug-likeness (QED) is 0.497. The van der Waals surface area contributed by atoms with Crippen molar-refractivity contribution in [2.24, 2.45) is 0 Å². The monoisotopic (exact) mass is 376 g/mol. The summed E-state index contributed by atoms with van der Waals surface area (Å²) < 4.78 is 10.1. The SMILES string of the molecule is COC(=O)c1cccc(NC=C(C#N)c2nn[nH]n2)c1-c1ccc(OC)cc1. The number of benzene rings is 2. The molecular weight excluding hydrogens is 360 g/mol. The molecule has 140 valence electrons. The number of ether oxygens (including phenoxy) is 2. The highest BCUT2D eigenvalue weighted by Gasteiger charge is 2.17. The molecule has 0 amide bonds. The number of esters is 1. The molecule has 0 bridgehead atoms. The number of carbonyl (C=O) groups excluding carboxylic acids is 1. The Morgan fingerprint density at radius 2 is 2.00 bits per heavy atom. The minimum absolute atomic E-state index is 0.158. The standard InChI is InChI=1S/C19H16N6O3/c1-27-14-8-6-12(7-9-14)17-15(19(26)28-2)4-3-5-16(17)21-11-13(10-20)18-22-24-25-23-18/h3-9,11,21H,1-2H3,(H,22,23,24,25). The fourth-order valence-corrected chi connectivity index (χ4v) is 2.59. The molecule has 28 heavy (non-hydrogen) atoms. The first kappa shape index (κ1) is 18.6. The van der Waals surface area contributed by atoms with Crippen LogP contribution in [-0.2, 0) is 4.74 Å². The Morgan fingerprint density at radius 1 is 1.21 bits per heavy atom. The second kappa shape index (κ2) is 8.46. The zero-order valence-corrected chi connectivity index (χ0v) is 15.1. The Bertz CT molecular complexity index is 1040. The third-order valence-corrected chi connectivity index (χ3v) is 3.93. The number of anilines is 1. The van der Waals surface area contributed by atoms with Crippen molar-refractivity contribution in [3.63, 3.8) is 0 Å². The van der Waals surface area contributed by atoms with Crippen LogP contribution in [0.4, 0.5) is 5.69 Å². The number of rotatable bonds is 6. The van der Waals surface area contributed by atoms with E-state index in [1.807, 2.05) is 18.2 Å². The number of aromatic amines is 1. The number of H-pyrrole nitrogens is 1. The van der Waals surface area contributed by atoms with Crippen LogP contribution in [0.3, 0.4) is 0 Å². The summed E-state index contributed by atoms with van der Waals surface area (Å²) in [5, 5.41) is 25.7. The van der Waals surface area contributed by atoms with Gasteiger partial charge in [0.15, 0.2) is 0 Å². The molecule has 0 fully saturated rings. The second-order valence-corrected chi connectivity index (χ2v) is 5.50. The van der Waals surface area contributed by atoms with Crippen LogP contribution >= 0.6 is 0 Å². The van der Waals surface area contributed by atoms with Crippen LogP contribution in [0.2, 0.25) is 0 Å². The molecule has 0 unspecified atom stereocenters. The zero-order chi connectivity index (χ0) is 19.9. The topological polar surface area (TPSA) is 126 Å². The van der Waals surface area contributed by atoms with Crippen LogP contribution in [0.25, 0.3) is 16.7 Å². The Hall–Kier alpha value is -4.19. The third kappa shape index (κ3) is 3.81. The van der Waals surface area contributed by atoms with Crippen LogP contribution in [0.1, 0.15) is 16.2 Å². The summed E-state index contributed by atoms with van der Waals surface area (Å²) in [5.41, 5.74) is 2.56. The maximum atomic E-state index is 12.3. The largest absolute Gasteiger partial charge is 0.497 e. The van der Waals surface area contributed by atoms with Gasteiger partial charge in [0.25, 0.3) is 0 Å². The van der Waals surface area contributed by atoms with Gasteiger partial charge in [0, 0.05) is 17.5 Å². The summed E-state index contributed by atoms with van der Waals surface area (Å²) in [5.74, 6) is 0.375. The summed E-state index contributed by atoms with van der Waals surface area (Å²) in [6.45, 7) is 0. The highest BCUT2D eigenvalue weighted by molar-refractivity contribution is 6.01. The van der Waals surface area contributed by atoms with Crippen molar-refractivity contribution in [2.45, 2.75) is 0 Å². The molecule has 0 radical (unpaired) electrons. The van der Waals surface area contributed by atoms with E-state index in [1.54, 1.807) is 37.4 Å². The average Bonchev–Trinajstić information content (AvgIpc) is 3.28. The van der Waals surface area contributed by atoms with Gasteiger partial charge in [-0.2, -0.15) is 10.5 Å². The fourth-order valence-electron chi connectivity index (χ4n) is 2.59. The molecule has 3 aromatic rings.